The monoisotopic (exact) mass is 363 g/mol. The zero-order valence-electron chi connectivity index (χ0n) is 15.0. The number of fused-ring (bicyclic) bond motifs is 2. The van der Waals surface area contributed by atoms with Crippen LogP contribution in [-0.2, 0) is 20.8 Å². The van der Waals surface area contributed by atoms with E-state index in [9.17, 15) is 14.4 Å². The van der Waals surface area contributed by atoms with Crippen LogP contribution in [0.15, 0.2) is 42.5 Å². The van der Waals surface area contributed by atoms with Crippen LogP contribution >= 0.6 is 0 Å². The SMILES string of the molecule is C[C@@H](NC(=O)[C@H]1CC(=O)Nc2ccccc21)c1ccc2c(c1)CCC(=O)N2. The van der Waals surface area contributed by atoms with E-state index in [4.69, 9.17) is 0 Å². The lowest BCUT2D eigenvalue weighted by Gasteiger charge is -2.26. The fourth-order valence-corrected chi connectivity index (χ4v) is 3.72. The fraction of sp³-hybridized carbons (Fsp3) is 0.286. The Morgan fingerprint density at radius 3 is 2.67 bits per heavy atom. The van der Waals surface area contributed by atoms with E-state index in [0.29, 0.717) is 18.5 Å². The van der Waals surface area contributed by atoms with Gasteiger partial charge in [-0.2, -0.15) is 0 Å². The Kier molecular flexibility index (Phi) is 4.39. The van der Waals surface area contributed by atoms with Crippen molar-refractivity contribution >= 4 is 29.1 Å². The minimum Gasteiger partial charge on any atom is -0.349 e. The first-order chi connectivity index (χ1) is 13.0. The van der Waals surface area contributed by atoms with Crippen LogP contribution in [0, 0.1) is 0 Å². The van der Waals surface area contributed by atoms with Crippen molar-refractivity contribution < 1.29 is 14.4 Å². The number of nitrogens with one attached hydrogen (secondary N) is 3. The minimum absolute atomic E-state index is 0.0332. The van der Waals surface area contributed by atoms with Crippen molar-refractivity contribution in [1.29, 1.82) is 0 Å². The topological polar surface area (TPSA) is 87.3 Å². The Bertz CT molecular complexity index is 938. The maximum atomic E-state index is 12.9. The standard InChI is InChI=1S/C21H21N3O3/c1-12(13-6-8-17-14(10-13)7-9-19(25)23-17)22-21(27)16-11-20(26)24-18-5-3-2-4-15(16)18/h2-6,8,10,12,16H,7,9,11H2,1H3,(H,22,27)(H,23,25)(H,24,26)/t12-,16+/m1/s1. The zero-order chi connectivity index (χ0) is 19.0. The minimum atomic E-state index is -0.491. The van der Waals surface area contributed by atoms with Crippen molar-refractivity contribution in [3.8, 4) is 0 Å². The summed E-state index contributed by atoms with van der Waals surface area (Å²) in [6.07, 6.45) is 1.32. The highest BCUT2D eigenvalue weighted by molar-refractivity contribution is 6.01. The van der Waals surface area contributed by atoms with Crippen molar-refractivity contribution in [2.45, 2.75) is 38.1 Å². The normalized spacial score (nSPS) is 19.2. The Balaban J connectivity index is 1.52. The Morgan fingerprint density at radius 2 is 1.81 bits per heavy atom. The Labute approximate surface area is 157 Å². The van der Waals surface area contributed by atoms with E-state index in [-0.39, 0.29) is 30.2 Å². The van der Waals surface area contributed by atoms with Crippen molar-refractivity contribution in [1.82, 2.24) is 5.32 Å². The molecule has 2 aliphatic heterocycles. The molecule has 0 saturated heterocycles. The molecule has 27 heavy (non-hydrogen) atoms. The maximum absolute atomic E-state index is 12.9. The van der Waals surface area contributed by atoms with Crippen LogP contribution in [0.3, 0.4) is 0 Å². The molecule has 2 aromatic rings. The molecule has 6 nitrogen and oxygen atoms in total. The van der Waals surface area contributed by atoms with Crippen LogP contribution in [0.1, 0.15) is 48.4 Å². The smallest absolute Gasteiger partial charge is 0.228 e. The first-order valence-corrected chi connectivity index (χ1v) is 9.13. The quantitative estimate of drug-likeness (QED) is 0.784. The number of carbonyl (C=O) groups excluding carboxylic acids is 3. The molecule has 3 amide bonds. The molecule has 0 bridgehead atoms. The third kappa shape index (κ3) is 3.43. The van der Waals surface area contributed by atoms with Gasteiger partial charge in [-0.3, -0.25) is 14.4 Å². The highest BCUT2D eigenvalue weighted by Gasteiger charge is 2.31. The number of benzene rings is 2. The summed E-state index contributed by atoms with van der Waals surface area (Å²) in [5.41, 5.74) is 4.44. The van der Waals surface area contributed by atoms with Gasteiger partial charge in [0.05, 0.1) is 12.0 Å². The van der Waals surface area contributed by atoms with Gasteiger partial charge in [0.1, 0.15) is 0 Å². The van der Waals surface area contributed by atoms with Crippen molar-refractivity contribution in [3.05, 3.63) is 59.2 Å². The molecule has 2 heterocycles. The zero-order valence-corrected chi connectivity index (χ0v) is 15.0. The van der Waals surface area contributed by atoms with Crippen LogP contribution in [0.5, 0.6) is 0 Å². The predicted molar refractivity (Wildman–Crippen MR) is 102 cm³/mol. The van der Waals surface area contributed by atoms with E-state index < -0.39 is 5.92 Å². The van der Waals surface area contributed by atoms with Gasteiger partial charge in [0.2, 0.25) is 17.7 Å². The van der Waals surface area contributed by atoms with E-state index in [2.05, 4.69) is 16.0 Å². The highest BCUT2D eigenvalue weighted by atomic mass is 16.2. The number of hydrogen-bond acceptors (Lipinski definition) is 3. The lowest BCUT2D eigenvalue weighted by molar-refractivity contribution is -0.126. The molecular formula is C21H21N3O3. The predicted octanol–water partition coefficient (Wildman–Crippen LogP) is 2.87. The number of hydrogen-bond donors (Lipinski definition) is 3. The summed E-state index contributed by atoms with van der Waals surface area (Å²) in [5, 5.41) is 8.71. The summed E-state index contributed by atoms with van der Waals surface area (Å²) in [6, 6.07) is 13.0. The molecule has 2 aromatic carbocycles. The molecule has 0 saturated carbocycles. The van der Waals surface area contributed by atoms with Gasteiger partial charge in [0.15, 0.2) is 0 Å². The van der Waals surface area contributed by atoms with Crippen LogP contribution < -0.4 is 16.0 Å². The Morgan fingerprint density at radius 1 is 1.04 bits per heavy atom. The molecule has 6 heteroatoms. The van der Waals surface area contributed by atoms with Crippen molar-refractivity contribution in [3.63, 3.8) is 0 Å². The lowest BCUT2D eigenvalue weighted by atomic mass is 9.89. The van der Waals surface area contributed by atoms with E-state index in [0.717, 1.165) is 22.4 Å². The Hall–Kier alpha value is -3.15. The molecule has 2 atom stereocenters. The van der Waals surface area contributed by atoms with Crippen LogP contribution in [-0.4, -0.2) is 17.7 Å². The molecule has 0 spiro atoms. The number of anilines is 2. The van der Waals surface area contributed by atoms with Gasteiger partial charge in [-0.15, -0.1) is 0 Å². The summed E-state index contributed by atoms with van der Waals surface area (Å²) < 4.78 is 0. The molecule has 0 unspecified atom stereocenters. The summed E-state index contributed by atoms with van der Waals surface area (Å²) >= 11 is 0. The van der Waals surface area contributed by atoms with Gasteiger partial charge in [-0.25, -0.2) is 0 Å². The molecule has 2 aliphatic rings. The largest absolute Gasteiger partial charge is 0.349 e. The summed E-state index contributed by atoms with van der Waals surface area (Å²) in [4.78, 5) is 36.3. The molecule has 0 aliphatic carbocycles. The number of carbonyl (C=O) groups is 3. The third-order valence-electron chi connectivity index (χ3n) is 5.20. The maximum Gasteiger partial charge on any atom is 0.228 e. The van der Waals surface area contributed by atoms with E-state index >= 15 is 0 Å². The first kappa shape index (κ1) is 17.3. The van der Waals surface area contributed by atoms with Crippen molar-refractivity contribution in [2.24, 2.45) is 0 Å². The van der Waals surface area contributed by atoms with Gasteiger partial charge in [-0.1, -0.05) is 30.3 Å². The first-order valence-electron chi connectivity index (χ1n) is 9.13. The highest BCUT2D eigenvalue weighted by Crippen LogP contribution is 2.33. The second-order valence-corrected chi connectivity index (χ2v) is 7.09. The molecule has 0 radical (unpaired) electrons. The van der Waals surface area contributed by atoms with E-state index in [1.165, 1.54) is 0 Å². The second-order valence-electron chi connectivity index (χ2n) is 7.09. The lowest BCUT2D eigenvalue weighted by Crippen LogP contribution is -2.36. The van der Waals surface area contributed by atoms with Crippen LogP contribution in [0.2, 0.25) is 0 Å². The van der Waals surface area contributed by atoms with Crippen LogP contribution in [0.25, 0.3) is 0 Å². The van der Waals surface area contributed by atoms with Crippen LogP contribution in [0.4, 0.5) is 11.4 Å². The number of amides is 3. The third-order valence-corrected chi connectivity index (χ3v) is 5.20. The molecule has 3 N–H and O–H groups in total. The van der Waals surface area contributed by atoms with Crippen molar-refractivity contribution in [2.75, 3.05) is 10.6 Å². The molecule has 0 aromatic heterocycles. The summed E-state index contributed by atoms with van der Waals surface area (Å²) in [5.74, 6) is -0.762. The number of rotatable bonds is 3. The molecular weight excluding hydrogens is 342 g/mol. The fourth-order valence-electron chi connectivity index (χ4n) is 3.72. The van der Waals surface area contributed by atoms with E-state index in [1.54, 1.807) is 0 Å². The van der Waals surface area contributed by atoms with Gasteiger partial charge in [0, 0.05) is 24.2 Å². The summed E-state index contributed by atoms with van der Waals surface area (Å²) in [7, 11) is 0. The van der Waals surface area contributed by atoms with Gasteiger partial charge >= 0.3 is 0 Å². The summed E-state index contributed by atoms with van der Waals surface area (Å²) in [6.45, 7) is 1.93. The number of para-hydroxylation sites is 1. The molecule has 0 fully saturated rings. The molecule has 4 rings (SSSR count). The average molecular weight is 363 g/mol. The average Bonchev–Trinajstić information content (AvgIpc) is 2.66. The van der Waals surface area contributed by atoms with Gasteiger partial charge in [0.25, 0.3) is 0 Å². The number of aryl methyl sites for hydroxylation is 1. The second kappa shape index (κ2) is 6.87. The van der Waals surface area contributed by atoms with E-state index in [1.807, 2.05) is 49.4 Å². The molecule has 138 valence electrons. The van der Waals surface area contributed by atoms with Gasteiger partial charge in [-0.05, 0) is 42.2 Å². The van der Waals surface area contributed by atoms with Gasteiger partial charge < -0.3 is 16.0 Å².